The molecule has 0 aromatic heterocycles. The van der Waals surface area contributed by atoms with Gasteiger partial charge in [-0.2, -0.15) is 0 Å². The molecule has 0 saturated carbocycles. The Morgan fingerprint density at radius 2 is 1.50 bits per heavy atom. The first kappa shape index (κ1) is 24.9. The van der Waals surface area contributed by atoms with Crippen LogP contribution in [0.1, 0.15) is 67.8 Å². The van der Waals surface area contributed by atoms with E-state index in [1.165, 1.54) is 13.0 Å². The summed E-state index contributed by atoms with van der Waals surface area (Å²) in [5.41, 5.74) is 0.139. The van der Waals surface area contributed by atoms with Crippen LogP contribution in [0.2, 0.25) is 0 Å². The topological polar surface area (TPSA) is 90.9 Å². The molecule has 0 aliphatic rings. The third-order valence-corrected chi connectivity index (χ3v) is 4.35. The Morgan fingerprint density at radius 1 is 0.906 bits per heavy atom. The summed E-state index contributed by atoms with van der Waals surface area (Å²) >= 11 is 0. The fourth-order valence-electron chi connectivity index (χ4n) is 2.96. The maximum atomic E-state index is 13.2. The molecule has 1 N–H and O–H groups in total. The Labute approximate surface area is 189 Å². The molecular weight excluding hydrogens is 410 g/mol. The van der Waals surface area contributed by atoms with Gasteiger partial charge in [-0.3, -0.25) is 9.59 Å². The van der Waals surface area contributed by atoms with Crippen molar-refractivity contribution >= 4 is 17.7 Å². The lowest BCUT2D eigenvalue weighted by atomic mass is 9.98. The van der Waals surface area contributed by atoms with E-state index in [2.05, 4.69) is 5.32 Å². The molecular formula is C25H31NO6. The van der Waals surface area contributed by atoms with Crippen molar-refractivity contribution in [3.8, 4) is 11.5 Å². The minimum Gasteiger partial charge on any atom is -0.490 e. The first-order chi connectivity index (χ1) is 15.1. The predicted octanol–water partition coefficient (Wildman–Crippen LogP) is 4.18. The Bertz CT molecular complexity index is 977. The Hall–Kier alpha value is -3.35. The van der Waals surface area contributed by atoms with Crippen LogP contribution >= 0.6 is 0 Å². The number of ketones is 1. The summed E-state index contributed by atoms with van der Waals surface area (Å²) in [6.45, 7) is 11.6. The molecule has 0 saturated heterocycles. The van der Waals surface area contributed by atoms with Crippen molar-refractivity contribution in [2.24, 2.45) is 0 Å². The number of esters is 1. The smallest absolute Gasteiger partial charge is 0.339 e. The zero-order chi connectivity index (χ0) is 23.9. The van der Waals surface area contributed by atoms with Crippen LogP contribution in [0.3, 0.4) is 0 Å². The number of rotatable bonds is 9. The highest BCUT2D eigenvalue weighted by Gasteiger charge is 2.26. The van der Waals surface area contributed by atoms with E-state index in [9.17, 15) is 14.4 Å². The van der Waals surface area contributed by atoms with Crippen molar-refractivity contribution in [3.63, 3.8) is 0 Å². The molecule has 0 aliphatic heterocycles. The van der Waals surface area contributed by atoms with Gasteiger partial charge in [0.25, 0.3) is 5.91 Å². The second kappa shape index (κ2) is 10.8. The molecule has 2 aromatic carbocycles. The molecule has 7 heteroatoms. The Kier molecular flexibility index (Phi) is 8.41. The molecule has 0 heterocycles. The molecule has 1 atom stereocenters. The number of hydrogen-bond acceptors (Lipinski definition) is 6. The highest BCUT2D eigenvalue weighted by molar-refractivity contribution is 6.14. The number of benzene rings is 2. The molecule has 1 amide bonds. The number of hydrogen-bond donors (Lipinski definition) is 1. The maximum absolute atomic E-state index is 13.2. The molecule has 172 valence electrons. The summed E-state index contributed by atoms with van der Waals surface area (Å²) < 4.78 is 16.5. The maximum Gasteiger partial charge on any atom is 0.339 e. The van der Waals surface area contributed by atoms with Gasteiger partial charge in [-0.15, -0.1) is 0 Å². The van der Waals surface area contributed by atoms with E-state index in [0.29, 0.717) is 30.3 Å². The standard InChI is InChI=1S/C25H31NO6/c1-7-30-20-14-13-17(15-21(20)31-8-2)22(27)18-11-9-10-12-19(18)24(29)32-16(3)23(28)26-25(4,5)6/h9-16H,7-8H2,1-6H3,(H,26,28). The fraction of sp³-hybridized carbons (Fsp3) is 0.400. The summed E-state index contributed by atoms with van der Waals surface area (Å²) in [7, 11) is 0. The molecule has 0 aliphatic carbocycles. The average Bonchev–Trinajstić information content (AvgIpc) is 2.73. The van der Waals surface area contributed by atoms with Crippen molar-refractivity contribution < 1.29 is 28.6 Å². The highest BCUT2D eigenvalue weighted by atomic mass is 16.5. The molecule has 2 aromatic rings. The molecule has 0 spiro atoms. The Morgan fingerprint density at radius 3 is 2.09 bits per heavy atom. The van der Waals surface area contributed by atoms with Crippen molar-refractivity contribution in [2.75, 3.05) is 13.2 Å². The third kappa shape index (κ3) is 6.57. The van der Waals surface area contributed by atoms with Crippen LogP contribution in [-0.4, -0.2) is 42.5 Å². The van der Waals surface area contributed by atoms with E-state index in [4.69, 9.17) is 14.2 Å². The van der Waals surface area contributed by atoms with Gasteiger partial charge in [-0.25, -0.2) is 4.79 Å². The van der Waals surface area contributed by atoms with Crippen LogP contribution in [0.5, 0.6) is 11.5 Å². The van der Waals surface area contributed by atoms with Crippen molar-refractivity contribution in [1.82, 2.24) is 5.32 Å². The zero-order valence-electron chi connectivity index (χ0n) is 19.5. The van der Waals surface area contributed by atoms with Gasteiger partial charge in [0.2, 0.25) is 0 Å². The molecule has 1 unspecified atom stereocenters. The molecule has 32 heavy (non-hydrogen) atoms. The number of nitrogens with one attached hydrogen (secondary N) is 1. The van der Waals surface area contributed by atoms with Gasteiger partial charge in [0.15, 0.2) is 23.4 Å². The van der Waals surface area contributed by atoms with Gasteiger partial charge in [0.1, 0.15) is 0 Å². The SMILES string of the molecule is CCOc1ccc(C(=O)c2ccccc2C(=O)OC(C)C(=O)NC(C)(C)C)cc1OCC. The van der Waals surface area contributed by atoms with Crippen LogP contribution in [0.15, 0.2) is 42.5 Å². The van der Waals surface area contributed by atoms with E-state index < -0.39 is 23.5 Å². The normalized spacial score (nSPS) is 11.9. The van der Waals surface area contributed by atoms with Crippen molar-refractivity contribution in [1.29, 1.82) is 0 Å². The first-order valence-corrected chi connectivity index (χ1v) is 10.6. The monoisotopic (exact) mass is 441 g/mol. The number of carbonyl (C=O) groups is 3. The van der Waals surface area contributed by atoms with Crippen LogP contribution in [0.4, 0.5) is 0 Å². The zero-order valence-corrected chi connectivity index (χ0v) is 19.5. The molecule has 0 fully saturated rings. The van der Waals surface area contributed by atoms with Gasteiger partial charge < -0.3 is 19.5 Å². The minimum atomic E-state index is -1.01. The van der Waals surface area contributed by atoms with Gasteiger partial charge in [0.05, 0.1) is 18.8 Å². The summed E-state index contributed by atoms with van der Waals surface area (Å²) in [5, 5.41) is 2.76. The minimum absolute atomic E-state index is 0.0831. The lowest BCUT2D eigenvalue weighted by Crippen LogP contribution is -2.46. The predicted molar refractivity (Wildman–Crippen MR) is 121 cm³/mol. The second-order valence-corrected chi connectivity index (χ2v) is 8.19. The summed E-state index contributed by atoms with van der Waals surface area (Å²) in [6, 6.07) is 11.2. The lowest BCUT2D eigenvalue weighted by Gasteiger charge is -2.23. The van der Waals surface area contributed by atoms with E-state index in [1.807, 2.05) is 34.6 Å². The van der Waals surface area contributed by atoms with Gasteiger partial charge >= 0.3 is 5.97 Å². The largest absolute Gasteiger partial charge is 0.490 e. The van der Waals surface area contributed by atoms with Gasteiger partial charge in [0, 0.05) is 16.7 Å². The molecule has 2 rings (SSSR count). The van der Waals surface area contributed by atoms with Crippen molar-refractivity contribution in [3.05, 3.63) is 59.2 Å². The van der Waals surface area contributed by atoms with Crippen LogP contribution < -0.4 is 14.8 Å². The van der Waals surface area contributed by atoms with E-state index >= 15 is 0 Å². The molecule has 0 radical (unpaired) electrons. The van der Waals surface area contributed by atoms with Crippen molar-refractivity contribution in [2.45, 2.75) is 53.2 Å². The van der Waals surface area contributed by atoms with Crippen LogP contribution in [0, 0.1) is 0 Å². The molecule has 0 bridgehead atoms. The second-order valence-electron chi connectivity index (χ2n) is 8.19. The van der Waals surface area contributed by atoms with Crippen LogP contribution in [-0.2, 0) is 9.53 Å². The van der Waals surface area contributed by atoms with E-state index in [0.717, 1.165) is 0 Å². The average molecular weight is 442 g/mol. The first-order valence-electron chi connectivity index (χ1n) is 10.6. The fourth-order valence-corrected chi connectivity index (χ4v) is 2.96. The highest BCUT2D eigenvalue weighted by Crippen LogP contribution is 2.30. The lowest BCUT2D eigenvalue weighted by molar-refractivity contribution is -0.130. The summed E-state index contributed by atoms with van der Waals surface area (Å²) in [4.78, 5) is 38.3. The van der Waals surface area contributed by atoms with Crippen LogP contribution in [0.25, 0.3) is 0 Å². The molecule has 7 nitrogen and oxygen atoms in total. The van der Waals surface area contributed by atoms with Gasteiger partial charge in [-0.05, 0) is 65.8 Å². The van der Waals surface area contributed by atoms with Gasteiger partial charge in [-0.1, -0.05) is 18.2 Å². The Balaban J connectivity index is 2.29. The van der Waals surface area contributed by atoms with E-state index in [1.54, 1.807) is 36.4 Å². The number of carbonyl (C=O) groups excluding carboxylic acids is 3. The summed E-state index contributed by atoms with van der Waals surface area (Å²) in [5.74, 6) is -0.539. The quantitative estimate of drug-likeness (QED) is 0.464. The number of ether oxygens (including phenoxy) is 3. The third-order valence-electron chi connectivity index (χ3n) is 4.35. The summed E-state index contributed by atoms with van der Waals surface area (Å²) in [6.07, 6.45) is -1.01. The van der Waals surface area contributed by atoms with E-state index in [-0.39, 0.29) is 16.9 Å². The number of amides is 1.